The van der Waals surface area contributed by atoms with Crippen LogP contribution < -0.4 is 5.32 Å². The Hall–Kier alpha value is -2.13. The molecule has 2 aromatic rings. The monoisotopic (exact) mass is 323 g/mol. The molecule has 0 amide bonds. The van der Waals surface area contributed by atoms with E-state index in [1.54, 1.807) is 0 Å². The third-order valence-corrected chi connectivity index (χ3v) is 4.95. The van der Waals surface area contributed by atoms with E-state index in [1.165, 1.54) is 22.3 Å². The lowest BCUT2D eigenvalue weighted by atomic mass is 9.86. The molecular weight excluding hydrogens is 298 g/mol. The molecule has 1 saturated carbocycles. The van der Waals surface area contributed by atoms with Gasteiger partial charge in [-0.1, -0.05) is 48.0 Å². The van der Waals surface area contributed by atoms with Gasteiger partial charge in [0, 0.05) is 12.6 Å². The summed E-state index contributed by atoms with van der Waals surface area (Å²) >= 11 is 0. The van der Waals surface area contributed by atoms with Gasteiger partial charge in [0.1, 0.15) is 0 Å². The fourth-order valence-electron chi connectivity index (χ4n) is 3.49. The quantitative estimate of drug-likeness (QED) is 0.857. The molecule has 0 aliphatic heterocycles. The Morgan fingerprint density at radius 2 is 1.71 bits per heavy atom. The molecule has 0 spiro atoms. The van der Waals surface area contributed by atoms with Gasteiger partial charge in [-0.05, 0) is 55.4 Å². The summed E-state index contributed by atoms with van der Waals surface area (Å²) in [6.07, 6.45) is 3.48. The van der Waals surface area contributed by atoms with Crippen LogP contribution in [0, 0.1) is 12.8 Å². The van der Waals surface area contributed by atoms with Crippen molar-refractivity contribution in [2.24, 2.45) is 5.92 Å². The number of benzene rings is 2. The van der Waals surface area contributed by atoms with Crippen LogP contribution in [-0.2, 0) is 11.3 Å². The second-order valence-electron chi connectivity index (χ2n) is 6.84. The lowest BCUT2D eigenvalue weighted by Crippen LogP contribution is -2.34. The third kappa shape index (κ3) is 4.24. The van der Waals surface area contributed by atoms with Crippen molar-refractivity contribution in [2.75, 3.05) is 0 Å². The number of carboxylic acid groups (broad SMARTS) is 1. The predicted molar refractivity (Wildman–Crippen MR) is 96.8 cm³/mol. The molecular formula is C21H25NO2. The summed E-state index contributed by atoms with van der Waals surface area (Å²) in [6.45, 7) is 2.95. The van der Waals surface area contributed by atoms with E-state index in [0.717, 1.165) is 32.2 Å². The average Bonchev–Trinajstić information content (AvgIpc) is 2.60. The number of aryl methyl sites for hydroxylation is 1. The highest BCUT2D eigenvalue weighted by Gasteiger charge is 2.25. The van der Waals surface area contributed by atoms with Gasteiger partial charge in [-0.15, -0.1) is 0 Å². The van der Waals surface area contributed by atoms with Gasteiger partial charge >= 0.3 is 5.97 Å². The Bertz CT molecular complexity index is 702. The second-order valence-corrected chi connectivity index (χ2v) is 6.84. The highest BCUT2D eigenvalue weighted by molar-refractivity contribution is 5.70. The highest BCUT2D eigenvalue weighted by atomic mass is 16.4. The molecule has 1 fully saturated rings. The first kappa shape index (κ1) is 16.7. The Balaban J connectivity index is 1.59. The minimum absolute atomic E-state index is 0.146. The zero-order valence-electron chi connectivity index (χ0n) is 14.2. The van der Waals surface area contributed by atoms with E-state index in [1.807, 2.05) is 0 Å². The van der Waals surface area contributed by atoms with Crippen molar-refractivity contribution >= 4 is 5.97 Å². The van der Waals surface area contributed by atoms with Crippen molar-refractivity contribution in [1.29, 1.82) is 0 Å². The lowest BCUT2D eigenvalue weighted by molar-refractivity contribution is -0.142. The van der Waals surface area contributed by atoms with Crippen molar-refractivity contribution < 1.29 is 9.90 Å². The number of aliphatic carboxylic acids is 1. The van der Waals surface area contributed by atoms with Crippen molar-refractivity contribution in [3.63, 3.8) is 0 Å². The second kappa shape index (κ2) is 7.63. The number of carbonyl (C=O) groups is 1. The van der Waals surface area contributed by atoms with Crippen LogP contribution in [0.5, 0.6) is 0 Å². The molecule has 0 aromatic heterocycles. The van der Waals surface area contributed by atoms with Crippen LogP contribution >= 0.6 is 0 Å². The minimum atomic E-state index is -0.640. The van der Waals surface area contributed by atoms with Crippen LogP contribution in [-0.4, -0.2) is 17.1 Å². The van der Waals surface area contributed by atoms with Gasteiger partial charge in [0.2, 0.25) is 0 Å². The van der Waals surface area contributed by atoms with Crippen molar-refractivity contribution in [3.8, 4) is 11.1 Å². The molecule has 3 heteroatoms. The summed E-state index contributed by atoms with van der Waals surface area (Å²) in [6, 6.07) is 17.6. The molecule has 0 saturated heterocycles. The molecule has 0 radical (unpaired) electrons. The van der Waals surface area contributed by atoms with Crippen LogP contribution in [0.3, 0.4) is 0 Å². The first-order chi connectivity index (χ1) is 11.6. The molecule has 3 nitrogen and oxygen atoms in total. The lowest BCUT2D eigenvalue weighted by Gasteiger charge is -2.27. The van der Waals surface area contributed by atoms with Crippen molar-refractivity contribution in [2.45, 2.75) is 45.2 Å². The van der Waals surface area contributed by atoms with Gasteiger partial charge in [-0.3, -0.25) is 4.79 Å². The van der Waals surface area contributed by atoms with Gasteiger partial charge in [0.05, 0.1) is 5.92 Å². The van der Waals surface area contributed by atoms with Gasteiger partial charge in [0.25, 0.3) is 0 Å². The van der Waals surface area contributed by atoms with Crippen LogP contribution in [0.25, 0.3) is 11.1 Å². The number of hydrogen-bond acceptors (Lipinski definition) is 2. The SMILES string of the molecule is Cc1cccc(-c2cccc(CNC3CCC(C(=O)O)CC3)c2)c1. The molecule has 2 aromatic carbocycles. The number of rotatable bonds is 5. The smallest absolute Gasteiger partial charge is 0.306 e. The fraction of sp³-hybridized carbons (Fsp3) is 0.381. The molecule has 0 atom stereocenters. The minimum Gasteiger partial charge on any atom is -0.481 e. The highest BCUT2D eigenvalue weighted by Crippen LogP contribution is 2.25. The summed E-state index contributed by atoms with van der Waals surface area (Å²) in [4.78, 5) is 11.0. The van der Waals surface area contributed by atoms with Gasteiger partial charge < -0.3 is 10.4 Å². The number of hydrogen-bond donors (Lipinski definition) is 2. The van der Waals surface area contributed by atoms with Crippen LogP contribution in [0.1, 0.15) is 36.8 Å². The number of nitrogens with one attached hydrogen (secondary N) is 1. The predicted octanol–water partition coefficient (Wildman–Crippen LogP) is 4.40. The zero-order chi connectivity index (χ0) is 16.9. The molecule has 3 rings (SSSR count). The van der Waals surface area contributed by atoms with E-state index < -0.39 is 5.97 Å². The van der Waals surface area contributed by atoms with Crippen molar-refractivity contribution in [3.05, 3.63) is 59.7 Å². The molecule has 1 aliphatic rings. The normalized spacial score (nSPS) is 20.7. The summed E-state index contributed by atoms with van der Waals surface area (Å²) in [5.41, 5.74) is 5.03. The maximum atomic E-state index is 11.0. The molecule has 0 unspecified atom stereocenters. The molecule has 0 heterocycles. The number of carboxylic acids is 1. The molecule has 24 heavy (non-hydrogen) atoms. The molecule has 2 N–H and O–H groups in total. The fourth-order valence-corrected chi connectivity index (χ4v) is 3.49. The Morgan fingerprint density at radius 3 is 2.38 bits per heavy atom. The summed E-state index contributed by atoms with van der Waals surface area (Å²) in [5, 5.41) is 12.7. The van der Waals surface area contributed by atoms with E-state index in [4.69, 9.17) is 5.11 Å². The molecule has 1 aliphatic carbocycles. The maximum Gasteiger partial charge on any atom is 0.306 e. The standard InChI is InChI=1S/C21H25NO2/c1-15-4-2-6-18(12-15)19-7-3-5-16(13-19)14-22-20-10-8-17(9-11-20)21(23)24/h2-7,12-13,17,20,22H,8-11,14H2,1H3,(H,23,24). The van der Waals surface area contributed by atoms with Crippen LogP contribution in [0.4, 0.5) is 0 Å². The van der Waals surface area contributed by atoms with Crippen molar-refractivity contribution in [1.82, 2.24) is 5.32 Å². The van der Waals surface area contributed by atoms with Crippen LogP contribution in [0.15, 0.2) is 48.5 Å². The van der Waals surface area contributed by atoms with Gasteiger partial charge in [-0.2, -0.15) is 0 Å². The van der Waals surface area contributed by atoms with Gasteiger partial charge in [-0.25, -0.2) is 0 Å². The van der Waals surface area contributed by atoms with E-state index in [0.29, 0.717) is 6.04 Å². The van der Waals surface area contributed by atoms with E-state index >= 15 is 0 Å². The summed E-state index contributed by atoms with van der Waals surface area (Å²) in [5.74, 6) is -0.785. The zero-order valence-corrected chi connectivity index (χ0v) is 14.2. The third-order valence-electron chi connectivity index (χ3n) is 4.95. The van der Waals surface area contributed by atoms with Crippen LogP contribution in [0.2, 0.25) is 0 Å². The topological polar surface area (TPSA) is 49.3 Å². The Kier molecular flexibility index (Phi) is 5.31. The first-order valence-electron chi connectivity index (χ1n) is 8.74. The van der Waals surface area contributed by atoms with E-state index in [-0.39, 0.29) is 5.92 Å². The van der Waals surface area contributed by atoms with Gasteiger partial charge in [0.15, 0.2) is 0 Å². The first-order valence-corrected chi connectivity index (χ1v) is 8.74. The summed E-state index contributed by atoms with van der Waals surface area (Å²) in [7, 11) is 0. The van der Waals surface area contributed by atoms with E-state index in [2.05, 4.69) is 60.8 Å². The Morgan fingerprint density at radius 1 is 1.04 bits per heavy atom. The Labute approximate surface area is 143 Å². The molecule has 126 valence electrons. The van der Waals surface area contributed by atoms with E-state index in [9.17, 15) is 4.79 Å². The maximum absolute atomic E-state index is 11.0. The summed E-state index contributed by atoms with van der Waals surface area (Å²) < 4.78 is 0. The largest absolute Gasteiger partial charge is 0.481 e. The molecule has 0 bridgehead atoms. The average molecular weight is 323 g/mol.